The van der Waals surface area contributed by atoms with Crippen LogP contribution in [0.1, 0.15) is 6.92 Å². The molecule has 1 unspecified atom stereocenters. The Morgan fingerprint density at radius 1 is 1.50 bits per heavy atom. The lowest BCUT2D eigenvalue weighted by molar-refractivity contribution is 0.0287. The van der Waals surface area contributed by atoms with Crippen LogP contribution in [0, 0.1) is 0 Å². The third kappa shape index (κ3) is 2.62. The Kier molecular flexibility index (Phi) is 3.09. The Morgan fingerprint density at radius 3 is 2.60 bits per heavy atom. The van der Waals surface area contributed by atoms with Crippen LogP contribution >= 0.6 is 0 Å². The summed E-state index contributed by atoms with van der Waals surface area (Å²) >= 11 is 0. The van der Waals surface area contributed by atoms with E-state index in [0.29, 0.717) is 6.54 Å². The first kappa shape index (κ1) is 7.95. The average Bonchev–Trinajstić information content (AvgIpc) is 1.88. The SMILES string of the molecule is CC(F)CN1CCOCC1. The van der Waals surface area contributed by atoms with Gasteiger partial charge in [-0.15, -0.1) is 0 Å². The number of halogens is 1. The van der Waals surface area contributed by atoms with Crippen molar-refractivity contribution in [2.24, 2.45) is 0 Å². The molecule has 0 radical (unpaired) electrons. The molecular formula is C7H14FNO. The predicted molar refractivity (Wildman–Crippen MR) is 37.8 cm³/mol. The molecule has 0 bridgehead atoms. The summed E-state index contributed by atoms with van der Waals surface area (Å²) < 4.78 is 17.5. The minimum Gasteiger partial charge on any atom is -0.379 e. The summed E-state index contributed by atoms with van der Waals surface area (Å²) in [5.74, 6) is 0. The monoisotopic (exact) mass is 147 g/mol. The van der Waals surface area contributed by atoms with Crippen LogP contribution in [0.4, 0.5) is 4.39 Å². The molecule has 1 atom stereocenters. The maximum absolute atomic E-state index is 12.4. The van der Waals surface area contributed by atoms with Crippen molar-refractivity contribution >= 4 is 0 Å². The van der Waals surface area contributed by atoms with Crippen LogP contribution in [0.15, 0.2) is 0 Å². The van der Waals surface area contributed by atoms with E-state index in [1.165, 1.54) is 0 Å². The lowest BCUT2D eigenvalue weighted by atomic mass is 10.3. The highest BCUT2D eigenvalue weighted by Gasteiger charge is 2.12. The molecule has 1 aliphatic heterocycles. The number of morpholine rings is 1. The van der Waals surface area contributed by atoms with E-state index in [0.717, 1.165) is 26.3 Å². The molecule has 10 heavy (non-hydrogen) atoms. The van der Waals surface area contributed by atoms with Gasteiger partial charge in [0.05, 0.1) is 13.2 Å². The van der Waals surface area contributed by atoms with E-state index in [-0.39, 0.29) is 0 Å². The van der Waals surface area contributed by atoms with Crippen LogP contribution in [-0.4, -0.2) is 43.9 Å². The van der Waals surface area contributed by atoms with Crippen molar-refractivity contribution in [2.45, 2.75) is 13.1 Å². The number of hydrogen-bond donors (Lipinski definition) is 0. The smallest absolute Gasteiger partial charge is 0.110 e. The molecule has 0 spiro atoms. The van der Waals surface area contributed by atoms with Gasteiger partial charge in [-0.1, -0.05) is 0 Å². The molecule has 1 saturated heterocycles. The molecule has 0 amide bonds. The van der Waals surface area contributed by atoms with Gasteiger partial charge in [0.1, 0.15) is 6.17 Å². The lowest BCUT2D eigenvalue weighted by Gasteiger charge is -2.26. The zero-order valence-electron chi connectivity index (χ0n) is 6.35. The van der Waals surface area contributed by atoms with Gasteiger partial charge < -0.3 is 4.74 Å². The Morgan fingerprint density at radius 2 is 2.10 bits per heavy atom. The fraction of sp³-hybridized carbons (Fsp3) is 1.00. The quantitative estimate of drug-likeness (QED) is 0.569. The molecule has 2 nitrogen and oxygen atoms in total. The van der Waals surface area contributed by atoms with Crippen LogP contribution in [0.5, 0.6) is 0 Å². The Labute approximate surface area is 61.0 Å². The minimum absolute atomic E-state index is 0.559. The first-order valence-corrected chi connectivity index (χ1v) is 3.73. The minimum atomic E-state index is -0.710. The van der Waals surface area contributed by atoms with Gasteiger partial charge in [0, 0.05) is 19.6 Å². The Balaban J connectivity index is 2.13. The van der Waals surface area contributed by atoms with E-state index in [1.54, 1.807) is 6.92 Å². The third-order valence-corrected chi connectivity index (χ3v) is 1.61. The lowest BCUT2D eigenvalue weighted by Crippen LogP contribution is -2.39. The molecule has 1 rings (SSSR count). The second kappa shape index (κ2) is 3.88. The van der Waals surface area contributed by atoms with Crippen LogP contribution in [0.25, 0.3) is 0 Å². The topological polar surface area (TPSA) is 12.5 Å². The van der Waals surface area contributed by atoms with Crippen molar-refractivity contribution < 1.29 is 9.13 Å². The predicted octanol–water partition coefficient (Wildman–Crippen LogP) is 0.677. The van der Waals surface area contributed by atoms with Gasteiger partial charge >= 0.3 is 0 Å². The van der Waals surface area contributed by atoms with E-state index in [9.17, 15) is 4.39 Å². The maximum atomic E-state index is 12.4. The largest absolute Gasteiger partial charge is 0.379 e. The average molecular weight is 147 g/mol. The summed E-state index contributed by atoms with van der Waals surface area (Å²) in [7, 11) is 0. The summed E-state index contributed by atoms with van der Waals surface area (Å²) in [6, 6.07) is 0. The molecule has 0 aliphatic carbocycles. The van der Waals surface area contributed by atoms with Gasteiger partial charge in [-0.2, -0.15) is 0 Å². The van der Waals surface area contributed by atoms with Gasteiger partial charge in [-0.25, -0.2) is 4.39 Å². The van der Waals surface area contributed by atoms with Crippen molar-refractivity contribution in [3.05, 3.63) is 0 Å². The van der Waals surface area contributed by atoms with Crippen LogP contribution in [0.2, 0.25) is 0 Å². The summed E-state index contributed by atoms with van der Waals surface area (Å²) in [5, 5.41) is 0. The Hall–Kier alpha value is -0.150. The van der Waals surface area contributed by atoms with Crippen molar-refractivity contribution in [1.29, 1.82) is 0 Å². The van der Waals surface area contributed by atoms with Gasteiger partial charge in [0.15, 0.2) is 0 Å². The van der Waals surface area contributed by atoms with Crippen molar-refractivity contribution in [1.82, 2.24) is 4.90 Å². The van der Waals surface area contributed by atoms with E-state index in [2.05, 4.69) is 4.90 Å². The molecule has 0 aromatic rings. The fourth-order valence-electron chi connectivity index (χ4n) is 1.14. The second-order valence-corrected chi connectivity index (χ2v) is 2.69. The Bertz CT molecular complexity index is 91.6. The van der Waals surface area contributed by atoms with E-state index >= 15 is 0 Å². The fourth-order valence-corrected chi connectivity index (χ4v) is 1.14. The summed E-state index contributed by atoms with van der Waals surface area (Å²) in [5.41, 5.74) is 0. The zero-order chi connectivity index (χ0) is 7.40. The second-order valence-electron chi connectivity index (χ2n) is 2.69. The number of rotatable bonds is 2. The number of alkyl halides is 1. The molecule has 1 fully saturated rings. The van der Waals surface area contributed by atoms with Crippen LogP contribution in [-0.2, 0) is 4.74 Å². The van der Waals surface area contributed by atoms with E-state index < -0.39 is 6.17 Å². The van der Waals surface area contributed by atoms with Gasteiger partial charge in [-0.05, 0) is 6.92 Å². The molecule has 3 heteroatoms. The van der Waals surface area contributed by atoms with Crippen molar-refractivity contribution in [3.63, 3.8) is 0 Å². The zero-order valence-corrected chi connectivity index (χ0v) is 6.35. The summed E-state index contributed by atoms with van der Waals surface area (Å²) in [4.78, 5) is 2.09. The van der Waals surface area contributed by atoms with Crippen molar-refractivity contribution in [3.8, 4) is 0 Å². The van der Waals surface area contributed by atoms with Gasteiger partial charge in [0.25, 0.3) is 0 Å². The van der Waals surface area contributed by atoms with Crippen LogP contribution in [0.3, 0.4) is 0 Å². The molecular weight excluding hydrogens is 133 g/mol. The first-order chi connectivity index (χ1) is 4.79. The van der Waals surface area contributed by atoms with Crippen molar-refractivity contribution in [2.75, 3.05) is 32.8 Å². The number of nitrogens with zero attached hydrogens (tertiary/aromatic N) is 1. The molecule has 1 aliphatic rings. The molecule has 0 aromatic heterocycles. The summed E-state index contributed by atoms with van der Waals surface area (Å²) in [6.07, 6.45) is -0.710. The molecule has 60 valence electrons. The molecule has 1 heterocycles. The molecule has 0 saturated carbocycles. The normalized spacial score (nSPS) is 24.6. The molecule has 0 N–H and O–H groups in total. The number of hydrogen-bond acceptors (Lipinski definition) is 2. The third-order valence-electron chi connectivity index (χ3n) is 1.61. The number of ether oxygens (including phenoxy) is 1. The standard InChI is InChI=1S/C7H14FNO/c1-7(8)6-9-2-4-10-5-3-9/h7H,2-6H2,1H3. The highest BCUT2D eigenvalue weighted by Crippen LogP contribution is 1.99. The first-order valence-electron chi connectivity index (χ1n) is 3.73. The highest BCUT2D eigenvalue weighted by atomic mass is 19.1. The van der Waals surface area contributed by atoms with Gasteiger partial charge in [0.2, 0.25) is 0 Å². The molecule has 0 aromatic carbocycles. The van der Waals surface area contributed by atoms with E-state index in [1.807, 2.05) is 0 Å². The summed E-state index contributed by atoms with van der Waals surface area (Å²) in [6.45, 7) is 5.43. The van der Waals surface area contributed by atoms with Crippen LogP contribution < -0.4 is 0 Å². The van der Waals surface area contributed by atoms with E-state index in [4.69, 9.17) is 4.74 Å². The highest BCUT2D eigenvalue weighted by molar-refractivity contribution is 4.64. The maximum Gasteiger partial charge on any atom is 0.110 e. The van der Waals surface area contributed by atoms with Gasteiger partial charge in [-0.3, -0.25) is 4.90 Å².